The van der Waals surface area contributed by atoms with E-state index in [0.29, 0.717) is 18.2 Å². The molecule has 32 heavy (non-hydrogen) atoms. The number of aliphatic carboxylic acids is 1. The third-order valence-corrected chi connectivity index (χ3v) is 5.55. The Morgan fingerprint density at radius 1 is 1.34 bits per heavy atom. The first-order chi connectivity index (χ1) is 15.1. The first-order valence-electron chi connectivity index (χ1n) is 9.92. The molecule has 12 heteroatoms. The van der Waals surface area contributed by atoms with Gasteiger partial charge in [-0.2, -0.15) is 13.2 Å². The van der Waals surface area contributed by atoms with Gasteiger partial charge < -0.3 is 23.7 Å². The van der Waals surface area contributed by atoms with Crippen LogP contribution in [0, 0.1) is 12.8 Å². The van der Waals surface area contributed by atoms with Gasteiger partial charge in [-0.05, 0) is 25.5 Å². The number of halogens is 3. The van der Waals surface area contributed by atoms with Crippen molar-refractivity contribution in [3.63, 3.8) is 0 Å². The molecule has 2 fully saturated rings. The van der Waals surface area contributed by atoms with Crippen LogP contribution in [0.4, 0.5) is 13.2 Å². The standard InChI is InChI=1S/C18H23N3O4.C2HF3O2/c1-12-8-17(25-19-12)18(22)21-6-5-16(23-2)14-10-20(11-15(14)21)9-13-4-3-7-24-13;3-2(4,5)1(6)7/h3-4,7-8,14-16H,5-6,9-11H2,1-2H3;(H,6,7)/t14-,15+,16-;/m0./s1. The lowest BCUT2D eigenvalue weighted by molar-refractivity contribution is -0.192. The lowest BCUT2D eigenvalue weighted by Crippen LogP contribution is -2.53. The molecule has 1 amide bonds. The summed E-state index contributed by atoms with van der Waals surface area (Å²) in [5, 5.41) is 11.0. The second kappa shape index (κ2) is 9.74. The number of carboxylic acids is 1. The summed E-state index contributed by atoms with van der Waals surface area (Å²) in [6.07, 6.45) is -2.38. The predicted molar refractivity (Wildman–Crippen MR) is 103 cm³/mol. The average Bonchev–Trinajstić information content (AvgIpc) is 3.47. The second-order valence-electron chi connectivity index (χ2n) is 7.70. The van der Waals surface area contributed by atoms with Crippen LogP contribution in [0.3, 0.4) is 0 Å². The van der Waals surface area contributed by atoms with E-state index >= 15 is 0 Å². The Morgan fingerprint density at radius 2 is 2.06 bits per heavy atom. The zero-order valence-corrected chi connectivity index (χ0v) is 17.5. The number of piperidine rings is 1. The van der Waals surface area contributed by atoms with E-state index in [0.717, 1.165) is 37.5 Å². The smallest absolute Gasteiger partial charge is 0.475 e. The number of rotatable bonds is 4. The highest BCUT2D eigenvalue weighted by molar-refractivity contribution is 5.91. The number of alkyl halides is 3. The van der Waals surface area contributed by atoms with Crippen LogP contribution >= 0.6 is 0 Å². The Balaban J connectivity index is 0.000000360. The number of carbonyl (C=O) groups is 2. The summed E-state index contributed by atoms with van der Waals surface area (Å²) in [7, 11) is 1.76. The number of fused-ring (bicyclic) bond motifs is 1. The molecular formula is C20H24F3N3O6. The van der Waals surface area contributed by atoms with E-state index in [-0.39, 0.29) is 18.1 Å². The van der Waals surface area contributed by atoms with E-state index in [2.05, 4.69) is 10.1 Å². The van der Waals surface area contributed by atoms with E-state index in [1.807, 2.05) is 24.0 Å². The Labute approximate surface area is 181 Å². The number of aromatic nitrogens is 1. The molecule has 9 nitrogen and oxygen atoms in total. The number of amides is 1. The normalized spacial score (nSPS) is 23.4. The van der Waals surface area contributed by atoms with E-state index in [9.17, 15) is 18.0 Å². The van der Waals surface area contributed by atoms with Crippen molar-refractivity contribution in [3.8, 4) is 0 Å². The summed E-state index contributed by atoms with van der Waals surface area (Å²) in [4.78, 5) is 26.0. The van der Waals surface area contributed by atoms with Gasteiger partial charge in [-0.15, -0.1) is 0 Å². The summed E-state index contributed by atoms with van der Waals surface area (Å²) in [5.74, 6) is -1.29. The first kappa shape index (κ1) is 23.8. The fourth-order valence-corrected chi connectivity index (χ4v) is 4.14. The van der Waals surface area contributed by atoms with Gasteiger partial charge in [-0.1, -0.05) is 5.16 Å². The van der Waals surface area contributed by atoms with Gasteiger partial charge in [0.05, 0.1) is 30.6 Å². The van der Waals surface area contributed by atoms with Crippen molar-refractivity contribution in [3.05, 3.63) is 41.7 Å². The quantitative estimate of drug-likeness (QED) is 0.743. The largest absolute Gasteiger partial charge is 0.490 e. The number of aryl methyl sites for hydroxylation is 1. The fraction of sp³-hybridized carbons (Fsp3) is 0.550. The van der Waals surface area contributed by atoms with E-state index < -0.39 is 12.1 Å². The van der Waals surface area contributed by atoms with Crippen molar-refractivity contribution >= 4 is 11.9 Å². The zero-order valence-electron chi connectivity index (χ0n) is 17.5. The third kappa shape index (κ3) is 5.49. The molecule has 1 N–H and O–H groups in total. The molecule has 2 aromatic heterocycles. The number of likely N-dealkylation sites (tertiary alicyclic amines) is 2. The van der Waals surface area contributed by atoms with Crippen molar-refractivity contribution in [1.29, 1.82) is 0 Å². The minimum Gasteiger partial charge on any atom is -0.475 e. The average molecular weight is 459 g/mol. The Bertz CT molecular complexity index is 914. The van der Waals surface area contributed by atoms with Crippen LogP contribution in [0.5, 0.6) is 0 Å². The molecule has 2 aliphatic rings. The predicted octanol–water partition coefficient (Wildman–Crippen LogP) is 2.57. The van der Waals surface area contributed by atoms with E-state index in [4.69, 9.17) is 23.6 Å². The van der Waals surface area contributed by atoms with Crippen molar-refractivity contribution in [1.82, 2.24) is 15.0 Å². The highest BCUT2D eigenvalue weighted by Gasteiger charge is 2.46. The molecule has 2 aliphatic heterocycles. The summed E-state index contributed by atoms with van der Waals surface area (Å²) < 4.78 is 48.1. The first-order valence-corrected chi connectivity index (χ1v) is 9.92. The van der Waals surface area contributed by atoms with E-state index in [1.165, 1.54) is 0 Å². The van der Waals surface area contributed by atoms with Crippen LogP contribution in [-0.4, -0.2) is 77.0 Å². The highest BCUT2D eigenvalue weighted by atomic mass is 19.4. The fourth-order valence-electron chi connectivity index (χ4n) is 4.14. The van der Waals surface area contributed by atoms with Crippen LogP contribution < -0.4 is 0 Å². The number of carboxylic acid groups (broad SMARTS) is 1. The molecule has 0 bridgehead atoms. The van der Waals surface area contributed by atoms with Crippen LogP contribution in [0.15, 0.2) is 33.4 Å². The number of hydrogen-bond acceptors (Lipinski definition) is 7. The summed E-state index contributed by atoms with van der Waals surface area (Å²) in [6, 6.07) is 5.70. The molecule has 0 saturated carbocycles. The zero-order chi connectivity index (χ0) is 23.5. The Hall–Kier alpha value is -2.86. The maximum Gasteiger partial charge on any atom is 0.490 e. The number of hydrogen-bond donors (Lipinski definition) is 1. The van der Waals surface area contributed by atoms with Gasteiger partial charge in [0.25, 0.3) is 5.91 Å². The van der Waals surface area contributed by atoms with Crippen LogP contribution in [0.2, 0.25) is 0 Å². The van der Waals surface area contributed by atoms with Crippen molar-refractivity contribution in [2.75, 3.05) is 26.7 Å². The van der Waals surface area contributed by atoms with Crippen LogP contribution in [0.1, 0.15) is 28.4 Å². The topological polar surface area (TPSA) is 109 Å². The molecule has 0 radical (unpaired) electrons. The van der Waals surface area contributed by atoms with Crippen molar-refractivity contribution in [2.24, 2.45) is 5.92 Å². The molecule has 0 aromatic carbocycles. The molecule has 4 heterocycles. The molecule has 4 rings (SSSR count). The minimum atomic E-state index is -5.08. The maximum atomic E-state index is 12.9. The van der Waals surface area contributed by atoms with Gasteiger partial charge in [-0.3, -0.25) is 9.69 Å². The van der Waals surface area contributed by atoms with Gasteiger partial charge in [0.15, 0.2) is 0 Å². The van der Waals surface area contributed by atoms with Gasteiger partial charge in [0, 0.05) is 38.7 Å². The molecule has 2 saturated heterocycles. The maximum absolute atomic E-state index is 12.9. The van der Waals surface area contributed by atoms with Crippen LogP contribution in [-0.2, 0) is 16.1 Å². The number of nitrogens with zero attached hydrogens (tertiary/aromatic N) is 3. The molecule has 3 atom stereocenters. The lowest BCUT2D eigenvalue weighted by Gasteiger charge is -2.40. The molecule has 176 valence electrons. The molecule has 0 spiro atoms. The van der Waals surface area contributed by atoms with Crippen molar-refractivity contribution in [2.45, 2.75) is 38.2 Å². The number of methoxy groups -OCH3 is 1. The second-order valence-corrected chi connectivity index (χ2v) is 7.70. The van der Waals surface area contributed by atoms with Gasteiger partial charge in [0.2, 0.25) is 5.76 Å². The SMILES string of the molecule is CO[C@H]1CCN(C(=O)c2cc(C)no2)[C@@H]2CN(Cc3ccco3)C[C@H]12.O=C(O)C(F)(F)F. The van der Waals surface area contributed by atoms with E-state index in [1.54, 1.807) is 19.4 Å². The molecule has 0 aliphatic carbocycles. The third-order valence-electron chi connectivity index (χ3n) is 5.55. The summed E-state index contributed by atoms with van der Waals surface area (Å²) >= 11 is 0. The minimum absolute atomic E-state index is 0.0787. The summed E-state index contributed by atoms with van der Waals surface area (Å²) in [5.41, 5.74) is 0.720. The highest BCUT2D eigenvalue weighted by Crippen LogP contribution is 2.34. The Morgan fingerprint density at radius 3 is 2.59 bits per heavy atom. The lowest BCUT2D eigenvalue weighted by atomic mass is 9.89. The monoisotopic (exact) mass is 459 g/mol. The molecular weight excluding hydrogens is 435 g/mol. The number of furan rings is 1. The number of ether oxygens (including phenoxy) is 1. The van der Waals surface area contributed by atoms with Gasteiger partial charge in [-0.25, -0.2) is 4.79 Å². The van der Waals surface area contributed by atoms with Crippen LogP contribution in [0.25, 0.3) is 0 Å². The van der Waals surface area contributed by atoms with Crippen molar-refractivity contribution < 1.29 is 41.5 Å². The molecule has 0 unspecified atom stereocenters. The number of carbonyl (C=O) groups excluding carboxylic acids is 1. The van der Waals surface area contributed by atoms with Gasteiger partial charge >= 0.3 is 12.1 Å². The van der Waals surface area contributed by atoms with Gasteiger partial charge in [0.1, 0.15) is 5.76 Å². The summed E-state index contributed by atoms with van der Waals surface area (Å²) in [6.45, 7) is 4.95. The Kier molecular flexibility index (Phi) is 7.24. The molecule has 2 aromatic rings.